The average Bonchev–Trinajstić information content (AvgIpc) is 3.43. The normalized spacial score (nSPS) is 26.7. The average molecular weight is 460 g/mol. The summed E-state index contributed by atoms with van der Waals surface area (Å²) >= 11 is 0. The number of amides is 2. The van der Waals surface area contributed by atoms with Gasteiger partial charge in [-0.3, -0.25) is 14.5 Å². The van der Waals surface area contributed by atoms with E-state index in [4.69, 9.17) is 0 Å². The van der Waals surface area contributed by atoms with Crippen molar-refractivity contribution >= 4 is 17.5 Å². The molecule has 3 unspecified atom stereocenters. The zero-order valence-electron chi connectivity index (χ0n) is 20.0. The number of benzene rings is 1. The Balaban J connectivity index is 1.36. The highest BCUT2D eigenvalue weighted by atomic mass is 19.1. The Bertz CT molecular complexity index is 871. The SMILES string of the molecule is Cc1c(CN2CCN(C(=O)C3CCCC3)C(C)C2)cc(F)cc1NC(=O)CC1CCC(O)C1. The maximum absolute atomic E-state index is 14.4. The van der Waals surface area contributed by atoms with Crippen molar-refractivity contribution in [3.8, 4) is 0 Å². The summed E-state index contributed by atoms with van der Waals surface area (Å²) in [6.07, 6.45) is 6.67. The van der Waals surface area contributed by atoms with E-state index in [2.05, 4.69) is 17.1 Å². The van der Waals surface area contributed by atoms with E-state index in [1.807, 2.05) is 11.8 Å². The molecule has 1 aliphatic heterocycles. The van der Waals surface area contributed by atoms with E-state index >= 15 is 0 Å². The number of aliphatic hydroxyl groups is 1. The van der Waals surface area contributed by atoms with Crippen LogP contribution in [0.4, 0.5) is 10.1 Å². The second kappa shape index (κ2) is 10.5. The molecule has 6 nitrogen and oxygen atoms in total. The number of anilines is 1. The van der Waals surface area contributed by atoms with Gasteiger partial charge in [0.05, 0.1) is 6.10 Å². The minimum Gasteiger partial charge on any atom is -0.393 e. The van der Waals surface area contributed by atoms with Crippen LogP contribution in [0.3, 0.4) is 0 Å². The smallest absolute Gasteiger partial charge is 0.226 e. The van der Waals surface area contributed by atoms with Gasteiger partial charge in [-0.15, -0.1) is 0 Å². The molecule has 2 saturated carbocycles. The lowest BCUT2D eigenvalue weighted by molar-refractivity contribution is -0.140. The first kappa shape index (κ1) is 24.1. The van der Waals surface area contributed by atoms with Gasteiger partial charge in [0.15, 0.2) is 0 Å². The Labute approximate surface area is 196 Å². The molecular formula is C26H38FN3O3. The van der Waals surface area contributed by atoms with Gasteiger partial charge in [-0.1, -0.05) is 12.8 Å². The summed E-state index contributed by atoms with van der Waals surface area (Å²) in [6.45, 7) is 6.86. The van der Waals surface area contributed by atoms with Crippen LogP contribution in [0.15, 0.2) is 12.1 Å². The molecule has 2 N–H and O–H groups in total. The lowest BCUT2D eigenvalue weighted by Gasteiger charge is -2.41. The number of rotatable bonds is 6. The highest BCUT2D eigenvalue weighted by molar-refractivity contribution is 5.91. The van der Waals surface area contributed by atoms with E-state index in [1.54, 1.807) is 6.07 Å². The molecular weight excluding hydrogens is 421 g/mol. The van der Waals surface area contributed by atoms with Crippen LogP contribution in [0.2, 0.25) is 0 Å². The van der Waals surface area contributed by atoms with Gasteiger partial charge in [0.2, 0.25) is 11.8 Å². The van der Waals surface area contributed by atoms with Crippen molar-refractivity contribution in [3.63, 3.8) is 0 Å². The number of halogens is 1. The van der Waals surface area contributed by atoms with E-state index in [-0.39, 0.29) is 35.7 Å². The van der Waals surface area contributed by atoms with Crippen LogP contribution in [0, 0.1) is 24.6 Å². The Morgan fingerprint density at radius 1 is 1.15 bits per heavy atom. The summed E-state index contributed by atoms with van der Waals surface area (Å²) in [7, 11) is 0. The first-order valence-electron chi connectivity index (χ1n) is 12.6. The second-order valence-corrected chi connectivity index (χ2v) is 10.4. The van der Waals surface area contributed by atoms with Gasteiger partial charge < -0.3 is 15.3 Å². The van der Waals surface area contributed by atoms with Crippen LogP contribution in [-0.2, 0) is 16.1 Å². The number of aliphatic hydroxyl groups excluding tert-OH is 1. The quantitative estimate of drug-likeness (QED) is 0.678. The molecule has 3 fully saturated rings. The Hall–Kier alpha value is -1.99. The lowest BCUT2D eigenvalue weighted by Crippen LogP contribution is -2.54. The molecule has 3 aliphatic rings. The third-order valence-corrected chi connectivity index (χ3v) is 7.83. The van der Waals surface area contributed by atoms with Crippen LogP contribution >= 0.6 is 0 Å². The molecule has 7 heteroatoms. The molecule has 0 bridgehead atoms. The molecule has 2 aliphatic carbocycles. The predicted molar refractivity (Wildman–Crippen MR) is 126 cm³/mol. The molecule has 4 rings (SSSR count). The second-order valence-electron chi connectivity index (χ2n) is 10.4. The number of hydrogen-bond acceptors (Lipinski definition) is 4. The van der Waals surface area contributed by atoms with Gasteiger partial charge in [0.1, 0.15) is 5.82 Å². The summed E-state index contributed by atoms with van der Waals surface area (Å²) in [5, 5.41) is 12.6. The number of nitrogens with zero attached hydrogens (tertiary/aromatic N) is 2. The van der Waals surface area contributed by atoms with Gasteiger partial charge in [-0.25, -0.2) is 4.39 Å². The summed E-state index contributed by atoms with van der Waals surface area (Å²) in [5.74, 6) is 0.217. The maximum Gasteiger partial charge on any atom is 0.226 e. The third kappa shape index (κ3) is 5.93. The monoisotopic (exact) mass is 459 g/mol. The van der Waals surface area contributed by atoms with Crippen LogP contribution in [0.5, 0.6) is 0 Å². The lowest BCUT2D eigenvalue weighted by atomic mass is 10.0. The fourth-order valence-corrected chi connectivity index (χ4v) is 5.88. The number of carbonyl (C=O) groups excluding carboxylic acids is 2. The molecule has 0 aromatic heterocycles. The minimum atomic E-state index is -0.356. The van der Waals surface area contributed by atoms with Crippen molar-refractivity contribution in [1.82, 2.24) is 9.80 Å². The van der Waals surface area contributed by atoms with Crippen molar-refractivity contribution in [3.05, 3.63) is 29.1 Å². The largest absolute Gasteiger partial charge is 0.393 e. The summed E-state index contributed by atoms with van der Waals surface area (Å²) in [6, 6.07) is 3.08. The topological polar surface area (TPSA) is 72.9 Å². The van der Waals surface area contributed by atoms with Crippen molar-refractivity contribution in [2.45, 2.75) is 83.9 Å². The molecule has 1 saturated heterocycles. The fourth-order valence-electron chi connectivity index (χ4n) is 5.88. The Kier molecular flexibility index (Phi) is 7.69. The van der Waals surface area contributed by atoms with E-state index in [1.165, 1.54) is 6.07 Å². The summed E-state index contributed by atoms with van der Waals surface area (Å²) in [5.41, 5.74) is 2.27. The molecule has 1 heterocycles. The van der Waals surface area contributed by atoms with E-state index in [0.29, 0.717) is 37.5 Å². The standard InChI is InChI=1S/C26H38FN3O3/c1-17-15-29(9-10-30(17)26(33)20-5-3-4-6-20)16-21-13-22(27)14-24(18(21)2)28-25(32)12-19-7-8-23(31)11-19/h13-14,17,19-20,23,31H,3-12,15-16H2,1-2H3,(H,28,32). The van der Waals surface area contributed by atoms with Crippen molar-refractivity contribution < 1.29 is 19.1 Å². The molecule has 1 aromatic carbocycles. The zero-order valence-corrected chi connectivity index (χ0v) is 20.0. The van der Waals surface area contributed by atoms with E-state index in [9.17, 15) is 19.1 Å². The zero-order chi connectivity index (χ0) is 23.5. The highest BCUT2D eigenvalue weighted by Crippen LogP contribution is 2.30. The van der Waals surface area contributed by atoms with Crippen molar-refractivity contribution in [1.29, 1.82) is 0 Å². The van der Waals surface area contributed by atoms with Gasteiger partial charge in [-0.2, -0.15) is 0 Å². The van der Waals surface area contributed by atoms with E-state index in [0.717, 1.165) is 62.7 Å². The molecule has 3 atom stereocenters. The fraction of sp³-hybridized carbons (Fsp3) is 0.692. The van der Waals surface area contributed by atoms with Crippen LogP contribution < -0.4 is 5.32 Å². The molecule has 33 heavy (non-hydrogen) atoms. The first-order chi connectivity index (χ1) is 15.8. The number of hydrogen-bond donors (Lipinski definition) is 2. The van der Waals surface area contributed by atoms with Gasteiger partial charge in [0, 0.05) is 50.2 Å². The van der Waals surface area contributed by atoms with E-state index < -0.39 is 0 Å². The van der Waals surface area contributed by atoms with Gasteiger partial charge in [0.25, 0.3) is 0 Å². The number of piperazine rings is 1. The molecule has 0 spiro atoms. The Morgan fingerprint density at radius 2 is 1.91 bits per heavy atom. The first-order valence-corrected chi connectivity index (χ1v) is 12.6. The number of carbonyl (C=O) groups is 2. The predicted octanol–water partition coefficient (Wildman–Crippen LogP) is 3.85. The molecule has 0 radical (unpaired) electrons. The van der Waals surface area contributed by atoms with Gasteiger partial charge >= 0.3 is 0 Å². The number of nitrogens with one attached hydrogen (secondary N) is 1. The van der Waals surface area contributed by atoms with Crippen LogP contribution in [0.25, 0.3) is 0 Å². The summed E-state index contributed by atoms with van der Waals surface area (Å²) in [4.78, 5) is 29.7. The van der Waals surface area contributed by atoms with Gasteiger partial charge in [-0.05, 0) is 75.1 Å². The minimum absolute atomic E-state index is 0.124. The Morgan fingerprint density at radius 3 is 2.58 bits per heavy atom. The van der Waals surface area contributed by atoms with Crippen LogP contribution in [0.1, 0.15) is 69.4 Å². The summed E-state index contributed by atoms with van der Waals surface area (Å²) < 4.78 is 14.4. The molecule has 1 aromatic rings. The maximum atomic E-state index is 14.4. The molecule has 2 amide bonds. The third-order valence-electron chi connectivity index (χ3n) is 7.83. The highest BCUT2D eigenvalue weighted by Gasteiger charge is 2.33. The van der Waals surface area contributed by atoms with Crippen molar-refractivity contribution in [2.75, 3.05) is 25.0 Å². The van der Waals surface area contributed by atoms with Crippen molar-refractivity contribution in [2.24, 2.45) is 11.8 Å². The molecule has 182 valence electrons. The van der Waals surface area contributed by atoms with Crippen LogP contribution in [-0.4, -0.2) is 58.5 Å².